The lowest BCUT2D eigenvalue weighted by Gasteiger charge is -2.37. The summed E-state index contributed by atoms with van der Waals surface area (Å²) in [5.74, 6) is -0.824. The van der Waals surface area contributed by atoms with Gasteiger partial charge in [-0.05, 0) is 25.1 Å². The number of nitrogens with one attached hydrogen (secondary N) is 1. The van der Waals surface area contributed by atoms with Gasteiger partial charge >= 0.3 is 5.97 Å². The van der Waals surface area contributed by atoms with Crippen LogP contribution in [0.15, 0.2) is 22.7 Å². The second kappa shape index (κ2) is 6.91. The number of ether oxygens (including phenoxy) is 1. The number of carbonyl (C=O) groups excluding carboxylic acids is 2. The molecule has 0 aromatic heterocycles. The number of benzene rings is 1. The fourth-order valence-electron chi connectivity index (χ4n) is 2.40. The zero-order valence-corrected chi connectivity index (χ0v) is 13.4. The number of amides is 1. The zero-order valence-electron chi connectivity index (χ0n) is 11.8. The highest BCUT2D eigenvalue weighted by molar-refractivity contribution is 9.10. The van der Waals surface area contributed by atoms with Crippen LogP contribution in [0.3, 0.4) is 0 Å². The normalized spacial score (nSPS) is 18.4. The fraction of sp³-hybridized carbons (Fsp3) is 0.429. The molecule has 0 bridgehead atoms. The number of halogens is 1. The minimum atomic E-state index is -0.521. The number of primary amides is 1. The standard InChI is InChI=1S/C14H18BrN3O3/c1-2-21-14(20)12-8-17-5-6-18(12)11-4-3-9(15)7-10(11)13(16)19/h3-4,7,12,17H,2,5-6,8H2,1H3,(H2,16,19). The molecular formula is C14H18BrN3O3. The lowest BCUT2D eigenvalue weighted by Crippen LogP contribution is -2.56. The molecule has 114 valence electrons. The molecule has 21 heavy (non-hydrogen) atoms. The molecule has 1 atom stereocenters. The maximum Gasteiger partial charge on any atom is 0.330 e. The smallest absolute Gasteiger partial charge is 0.330 e. The van der Waals surface area contributed by atoms with Crippen LogP contribution in [-0.2, 0) is 9.53 Å². The van der Waals surface area contributed by atoms with Crippen molar-refractivity contribution in [1.82, 2.24) is 5.32 Å². The van der Waals surface area contributed by atoms with E-state index >= 15 is 0 Å². The van der Waals surface area contributed by atoms with E-state index in [-0.39, 0.29) is 5.97 Å². The zero-order chi connectivity index (χ0) is 15.4. The molecule has 1 heterocycles. The summed E-state index contributed by atoms with van der Waals surface area (Å²) in [6.45, 7) is 3.90. The summed E-state index contributed by atoms with van der Waals surface area (Å²) in [5.41, 5.74) is 6.50. The van der Waals surface area contributed by atoms with Gasteiger partial charge in [0.25, 0.3) is 5.91 Å². The van der Waals surface area contributed by atoms with Crippen molar-refractivity contribution < 1.29 is 14.3 Å². The monoisotopic (exact) mass is 355 g/mol. The van der Waals surface area contributed by atoms with Crippen molar-refractivity contribution in [3.8, 4) is 0 Å². The van der Waals surface area contributed by atoms with Crippen LogP contribution < -0.4 is 16.0 Å². The van der Waals surface area contributed by atoms with Crippen molar-refractivity contribution in [2.45, 2.75) is 13.0 Å². The molecule has 1 aromatic rings. The van der Waals surface area contributed by atoms with Crippen LogP contribution in [0, 0.1) is 0 Å². The number of esters is 1. The third-order valence-electron chi connectivity index (χ3n) is 3.34. The first kappa shape index (κ1) is 15.8. The minimum absolute atomic E-state index is 0.303. The second-order valence-electron chi connectivity index (χ2n) is 4.69. The molecule has 1 aromatic carbocycles. The Bertz CT molecular complexity index is 550. The molecular weight excluding hydrogens is 338 g/mol. The van der Waals surface area contributed by atoms with Gasteiger partial charge in [-0.1, -0.05) is 15.9 Å². The Hall–Kier alpha value is -1.60. The Labute approximate surface area is 131 Å². The molecule has 1 amide bonds. The Morgan fingerprint density at radius 1 is 1.52 bits per heavy atom. The highest BCUT2D eigenvalue weighted by atomic mass is 79.9. The summed E-state index contributed by atoms with van der Waals surface area (Å²) in [7, 11) is 0. The number of piperazine rings is 1. The molecule has 2 rings (SSSR count). The molecule has 1 aliphatic rings. The van der Waals surface area contributed by atoms with E-state index < -0.39 is 11.9 Å². The molecule has 1 fully saturated rings. The van der Waals surface area contributed by atoms with E-state index in [1.807, 2.05) is 11.0 Å². The van der Waals surface area contributed by atoms with E-state index in [1.165, 1.54) is 0 Å². The average molecular weight is 356 g/mol. The quantitative estimate of drug-likeness (QED) is 0.783. The molecule has 1 aliphatic heterocycles. The van der Waals surface area contributed by atoms with Gasteiger partial charge in [0.1, 0.15) is 6.04 Å². The largest absolute Gasteiger partial charge is 0.464 e. The van der Waals surface area contributed by atoms with Gasteiger partial charge in [-0.25, -0.2) is 4.79 Å². The van der Waals surface area contributed by atoms with Crippen LogP contribution in [0.4, 0.5) is 5.69 Å². The predicted octanol–water partition coefficient (Wildman–Crippen LogP) is 0.889. The van der Waals surface area contributed by atoms with Gasteiger partial charge in [0.15, 0.2) is 0 Å². The topological polar surface area (TPSA) is 84.7 Å². The molecule has 0 spiro atoms. The molecule has 0 aliphatic carbocycles. The highest BCUT2D eigenvalue weighted by Crippen LogP contribution is 2.27. The molecule has 0 radical (unpaired) electrons. The number of nitrogens with zero attached hydrogens (tertiary/aromatic N) is 1. The number of hydrogen-bond acceptors (Lipinski definition) is 5. The van der Waals surface area contributed by atoms with Crippen LogP contribution in [0.25, 0.3) is 0 Å². The molecule has 3 N–H and O–H groups in total. The van der Waals surface area contributed by atoms with Gasteiger partial charge in [0, 0.05) is 24.1 Å². The summed E-state index contributed by atoms with van der Waals surface area (Å²) in [6, 6.07) is 4.83. The maximum atomic E-state index is 12.1. The van der Waals surface area contributed by atoms with Crippen molar-refractivity contribution in [3.05, 3.63) is 28.2 Å². The van der Waals surface area contributed by atoms with Crippen molar-refractivity contribution in [2.75, 3.05) is 31.1 Å². The summed E-state index contributed by atoms with van der Waals surface area (Å²) in [5, 5.41) is 3.17. The van der Waals surface area contributed by atoms with E-state index in [0.717, 1.165) is 11.0 Å². The van der Waals surface area contributed by atoms with E-state index in [4.69, 9.17) is 10.5 Å². The number of carbonyl (C=O) groups is 2. The van der Waals surface area contributed by atoms with Crippen molar-refractivity contribution in [3.63, 3.8) is 0 Å². The Balaban J connectivity index is 2.37. The van der Waals surface area contributed by atoms with Gasteiger partial charge in [-0.2, -0.15) is 0 Å². The molecule has 0 saturated carbocycles. The molecule has 1 unspecified atom stereocenters. The Morgan fingerprint density at radius 2 is 2.29 bits per heavy atom. The summed E-state index contributed by atoms with van der Waals surface area (Å²) < 4.78 is 5.88. The SMILES string of the molecule is CCOC(=O)C1CNCCN1c1ccc(Br)cc1C(N)=O. The molecule has 7 heteroatoms. The van der Waals surface area contributed by atoms with Crippen LogP contribution in [0.1, 0.15) is 17.3 Å². The van der Waals surface area contributed by atoms with Gasteiger partial charge in [-0.15, -0.1) is 0 Å². The lowest BCUT2D eigenvalue weighted by atomic mass is 10.1. The van der Waals surface area contributed by atoms with Crippen molar-refractivity contribution >= 4 is 33.5 Å². The third-order valence-corrected chi connectivity index (χ3v) is 3.83. The third kappa shape index (κ3) is 3.54. The predicted molar refractivity (Wildman–Crippen MR) is 83.3 cm³/mol. The van der Waals surface area contributed by atoms with Crippen LogP contribution in [0.2, 0.25) is 0 Å². The first-order chi connectivity index (χ1) is 10.0. The van der Waals surface area contributed by atoms with E-state index in [2.05, 4.69) is 21.2 Å². The minimum Gasteiger partial charge on any atom is -0.464 e. The van der Waals surface area contributed by atoms with Crippen LogP contribution in [0.5, 0.6) is 0 Å². The lowest BCUT2D eigenvalue weighted by molar-refractivity contribution is -0.144. The molecule has 6 nitrogen and oxygen atoms in total. The summed E-state index contributed by atoms with van der Waals surface area (Å²) >= 11 is 3.33. The summed E-state index contributed by atoms with van der Waals surface area (Å²) in [4.78, 5) is 25.6. The van der Waals surface area contributed by atoms with Gasteiger partial charge in [-0.3, -0.25) is 4.79 Å². The fourth-order valence-corrected chi connectivity index (χ4v) is 2.76. The average Bonchev–Trinajstić information content (AvgIpc) is 2.47. The van der Waals surface area contributed by atoms with Crippen LogP contribution >= 0.6 is 15.9 Å². The highest BCUT2D eigenvalue weighted by Gasteiger charge is 2.31. The van der Waals surface area contributed by atoms with Gasteiger partial charge < -0.3 is 20.7 Å². The van der Waals surface area contributed by atoms with Crippen LogP contribution in [-0.4, -0.2) is 44.2 Å². The number of hydrogen-bond donors (Lipinski definition) is 2. The Kier molecular flexibility index (Phi) is 5.19. The maximum absolute atomic E-state index is 12.1. The first-order valence-electron chi connectivity index (χ1n) is 6.78. The van der Waals surface area contributed by atoms with E-state index in [1.54, 1.807) is 19.1 Å². The molecule has 1 saturated heterocycles. The number of anilines is 1. The second-order valence-corrected chi connectivity index (χ2v) is 5.61. The van der Waals surface area contributed by atoms with E-state index in [0.29, 0.717) is 30.9 Å². The number of nitrogens with two attached hydrogens (primary N) is 1. The van der Waals surface area contributed by atoms with Gasteiger partial charge in [0.2, 0.25) is 0 Å². The van der Waals surface area contributed by atoms with Crippen molar-refractivity contribution in [1.29, 1.82) is 0 Å². The Morgan fingerprint density at radius 3 is 2.95 bits per heavy atom. The number of rotatable bonds is 4. The first-order valence-corrected chi connectivity index (χ1v) is 7.57. The summed E-state index contributed by atoms with van der Waals surface area (Å²) in [6.07, 6.45) is 0. The van der Waals surface area contributed by atoms with E-state index in [9.17, 15) is 9.59 Å². The van der Waals surface area contributed by atoms with Gasteiger partial charge in [0.05, 0.1) is 17.9 Å². The van der Waals surface area contributed by atoms with Crippen molar-refractivity contribution in [2.24, 2.45) is 5.73 Å².